The number of hydrogen-bond donors (Lipinski definition) is 3. The lowest BCUT2D eigenvalue weighted by Crippen LogP contribution is -2.11. The standard InChI is InChI=1S/C31H24N6O9S2/c1-18-13-22(32-31(38)20-4-9-25(10-5-20)37(39)40)7-11-28(18)35-33-23-8-12-29(19(2)14-23)36-34-24-6-3-21-15-26(47(41,42)43)17-30(27(21)16-24)48(44,45)46/h3-17H,1-2H3,(H,32,38)(H,41,42,43)(H,44,45,46). The summed E-state index contributed by atoms with van der Waals surface area (Å²) in [5.41, 5.74) is 3.80. The van der Waals surface area contributed by atoms with Gasteiger partial charge < -0.3 is 5.32 Å². The Bertz CT molecular complexity index is 2390. The average Bonchev–Trinajstić information content (AvgIpc) is 3.02. The molecule has 0 unspecified atom stereocenters. The summed E-state index contributed by atoms with van der Waals surface area (Å²) < 4.78 is 66.1. The first kappa shape index (κ1) is 33.6. The van der Waals surface area contributed by atoms with E-state index in [1.165, 1.54) is 42.5 Å². The second kappa shape index (κ2) is 13.2. The quantitative estimate of drug-likeness (QED) is 0.0589. The zero-order valence-corrected chi connectivity index (χ0v) is 26.6. The number of nitro groups is 1. The van der Waals surface area contributed by atoms with E-state index in [9.17, 15) is 40.8 Å². The molecule has 15 nitrogen and oxygen atoms in total. The number of carbonyl (C=O) groups excluding carboxylic acids is 1. The fourth-order valence-electron chi connectivity index (χ4n) is 4.53. The van der Waals surface area contributed by atoms with Gasteiger partial charge in [0.05, 0.1) is 32.6 Å². The van der Waals surface area contributed by atoms with Crippen LogP contribution in [0.3, 0.4) is 0 Å². The molecule has 0 aliphatic rings. The van der Waals surface area contributed by atoms with Crippen LogP contribution in [0.5, 0.6) is 0 Å². The van der Waals surface area contributed by atoms with Crippen LogP contribution in [-0.2, 0) is 20.2 Å². The second-order valence-electron chi connectivity index (χ2n) is 10.4. The van der Waals surface area contributed by atoms with E-state index in [0.29, 0.717) is 34.4 Å². The first-order chi connectivity index (χ1) is 22.6. The first-order valence-corrected chi connectivity index (χ1v) is 16.6. The highest BCUT2D eigenvalue weighted by Crippen LogP contribution is 2.33. The minimum absolute atomic E-state index is 0.0240. The number of fused-ring (bicyclic) bond motifs is 1. The number of amides is 1. The van der Waals surface area contributed by atoms with Crippen molar-refractivity contribution in [1.29, 1.82) is 0 Å². The van der Waals surface area contributed by atoms with Crippen LogP contribution < -0.4 is 5.32 Å². The molecule has 244 valence electrons. The van der Waals surface area contributed by atoms with E-state index in [-0.39, 0.29) is 27.7 Å². The highest BCUT2D eigenvalue weighted by atomic mass is 32.2. The molecule has 0 aliphatic heterocycles. The minimum atomic E-state index is -4.86. The molecule has 0 aliphatic carbocycles. The number of anilines is 1. The summed E-state index contributed by atoms with van der Waals surface area (Å²) in [7, 11) is -9.60. The number of non-ortho nitro benzene ring substituents is 1. The van der Waals surface area contributed by atoms with Crippen LogP contribution in [0, 0.1) is 24.0 Å². The normalized spacial score (nSPS) is 12.2. The van der Waals surface area contributed by atoms with Crippen LogP contribution in [-0.4, -0.2) is 36.8 Å². The monoisotopic (exact) mass is 688 g/mol. The molecule has 48 heavy (non-hydrogen) atoms. The van der Waals surface area contributed by atoms with Crippen molar-refractivity contribution in [3.63, 3.8) is 0 Å². The Kier molecular flexibility index (Phi) is 9.22. The first-order valence-electron chi connectivity index (χ1n) is 13.7. The zero-order chi connectivity index (χ0) is 34.8. The van der Waals surface area contributed by atoms with E-state index in [4.69, 9.17) is 0 Å². The lowest BCUT2D eigenvalue weighted by atomic mass is 10.1. The third kappa shape index (κ3) is 7.78. The summed E-state index contributed by atoms with van der Waals surface area (Å²) >= 11 is 0. The van der Waals surface area contributed by atoms with Gasteiger partial charge in [-0.15, -0.1) is 0 Å². The number of carbonyl (C=O) groups is 1. The number of nitro benzene ring substituents is 1. The van der Waals surface area contributed by atoms with Crippen molar-refractivity contribution >= 4 is 71.0 Å². The van der Waals surface area contributed by atoms with Gasteiger partial charge in [0, 0.05) is 28.8 Å². The Morgan fingerprint density at radius 2 is 1.29 bits per heavy atom. The van der Waals surface area contributed by atoms with E-state index in [1.54, 1.807) is 50.2 Å². The van der Waals surface area contributed by atoms with Crippen LogP contribution in [0.4, 0.5) is 34.1 Å². The van der Waals surface area contributed by atoms with Gasteiger partial charge in [-0.1, -0.05) is 6.07 Å². The number of azo groups is 2. The number of rotatable bonds is 9. The van der Waals surface area contributed by atoms with Crippen molar-refractivity contribution in [2.75, 3.05) is 5.32 Å². The summed E-state index contributed by atoms with van der Waals surface area (Å²) in [6.07, 6.45) is 0. The Morgan fingerprint density at radius 3 is 1.85 bits per heavy atom. The number of aryl methyl sites for hydroxylation is 2. The Hall–Kier alpha value is -5.75. The number of nitrogens with one attached hydrogen (secondary N) is 1. The second-order valence-corrected chi connectivity index (χ2v) is 13.2. The molecule has 17 heteroatoms. The predicted octanol–water partition coefficient (Wildman–Crippen LogP) is 7.94. The lowest BCUT2D eigenvalue weighted by Gasteiger charge is -2.08. The Morgan fingerprint density at radius 1 is 0.708 bits per heavy atom. The topological polar surface area (TPSA) is 230 Å². The summed E-state index contributed by atoms with van der Waals surface area (Å²) in [4.78, 5) is 21.4. The van der Waals surface area contributed by atoms with E-state index < -0.39 is 40.9 Å². The molecule has 0 bridgehead atoms. The molecule has 3 N–H and O–H groups in total. The maximum Gasteiger partial charge on any atom is 0.295 e. The molecular formula is C31H24N6O9S2. The lowest BCUT2D eigenvalue weighted by molar-refractivity contribution is -0.384. The van der Waals surface area contributed by atoms with Crippen LogP contribution in [0.15, 0.2) is 121 Å². The average molecular weight is 689 g/mol. The smallest absolute Gasteiger partial charge is 0.295 e. The molecule has 0 aromatic heterocycles. The van der Waals surface area contributed by atoms with Gasteiger partial charge in [-0.25, -0.2) is 0 Å². The van der Waals surface area contributed by atoms with Crippen molar-refractivity contribution in [3.8, 4) is 0 Å². The van der Waals surface area contributed by atoms with Crippen LogP contribution in [0.2, 0.25) is 0 Å². The molecule has 0 spiro atoms. The van der Waals surface area contributed by atoms with Gasteiger partial charge in [0.2, 0.25) is 0 Å². The summed E-state index contributed by atoms with van der Waals surface area (Å²) in [5.74, 6) is -0.427. The number of nitrogens with zero attached hydrogens (tertiary/aromatic N) is 5. The van der Waals surface area contributed by atoms with E-state index in [2.05, 4.69) is 25.8 Å². The summed E-state index contributed by atoms with van der Waals surface area (Å²) in [6.45, 7) is 3.57. The predicted molar refractivity (Wildman–Crippen MR) is 175 cm³/mol. The molecule has 0 saturated carbocycles. The fourth-order valence-corrected chi connectivity index (χ4v) is 5.88. The van der Waals surface area contributed by atoms with Gasteiger partial charge in [0.15, 0.2) is 0 Å². The van der Waals surface area contributed by atoms with Crippen molar-refractivity contribution < 1.29 is 35.7 Å². The van der Waals surface area contributed by atoms with Crippen LogP contribution in [0.25, 0.3) is 10.8 Å². The van der Waals surface area contributed by atoms with E-state index >= 15 is 0 Å². The van der Waals surface area contributed by atoms with E-state index in [1.807, 2.05) is 0 Å². The van der Waals surface area contributed by atoms with Gasteiger partial charge in [-0.3, -0.25) is 24.0 Å². The summed E-state index contributed by atoms with van der Waals surface area (Å²) in [5, 5.41) is 30.6. The van der Waals surface area contributed by atoms with Crippen LogP contribution in [0.1, 0.15) is 21.5 Å². The highest BCUT2D eigenvalue weighted by Gasteiger charge is 2.21. The van der Waals surface area contributed by atoms with Crippen molar-refractivity contribution in [2.24, 2.45) is 20.5 Å². The van der Waals surface area contributed by atoms with Gasteiger partial charge in [-0.2, -0.15) is 37.3 Å². The molecule has 1 amide bonds. The van der Waals surface area contributed by atoms with Gasteiger partial charge in [-0.05, 0) is 103 Å². The fraction of sp³-hybridized carbons (Fsp3) is 0.0645. The summed E-state index contributed by atoms with van der Waals surface area (Å²) in [6, 6.07) is 21.2. The largest absolute Gasteiger partial charge is 0.322 e. The maximum absolute atomic E-state index is 12.5. The SMILES string of the molecule is Cc1cc(N=Nc2ccc(NC(=O)c3ccc([N+](=O)[O-])cc3)cc2C)ccc1N=Nc1ccc2cc(S(=O)(=O)O)cc(S(=O)(=O)O)c2c1. The van der Waals surface area contributed by atoms with Crippen molar-refractivity contribution in [3.05, 3.63) is 118 Å². The van der Waals surface area contributed by atoms with Crippen LogP contribution >= 0.6 is 0 Å². The zero-order valence-electron chi connectivity index (χ0n) is 25.0. The van der Waals surface area contributed by atoms with Gasteiger partial charge in [0.1, 0.15) is 4.90 Å². The minimum Gasteiger partial charge on any atom is -0.322 e. The molecule has 5 aromatic rings. The molecule has 0 radical (unpaired) electrons. The van der Waals surface area contributed by atoms with Gasteiger partial charge >= 0.3 is 0 Å². The Balaban J connectivity index is 1.30. The third-order valence-corrected chi connectivity index (χ3v) is 8.70. The molecular weight excluding hydrogens is 665 g/mol. The molecule has 0 fully saturated rings. The van der Waals surface area contributed by atoms with Crippen molar-refractivity contribution in [1.82, 2.24) is 0 Å². The third-order valence-electron chi connectivity index (χ3n) is 6.97. The molecule has 0 saturated heterocycles. The number of benzene rings is 5. The Labute approximate surface area is 273 Å². The molecule has 5 rings (SSSR count). The molecule has 0 atom stereocenters. The molecule has 5 aromatic carbocycles. The van der Waals surface area contributed by atoms with Gasteiger partial charge in [0.25, 0.3) is 31.8 Å². The number of hydrogen-bond acceptors (Lipinski definition) is 11. The van der Waals surface area contributed by atoms with E-state index in [0.717, 1.165) is 11.6 Å². The highest BCUT2D eigenvalue weighted by molar-refractivity contribution is 7.86. The van der Waals surface area contributed by atoms with Crippen molar-refractivity contribution in [2.45, 2.75) is 23.6 Å². The maximum atomic E-state index is 12.5. The molecule has 0 heterocycles.